The number of likely N-dealkylation sites (tertiary alicyclic amines) is 1. The van der Waals surface area contributed by atoms with Crippen LogP contribution in [0, 0.1) is 12.7 Å². The molecule has 1 aliphatic rings. The maximum absolute atomic E-state index is 13.7. The summed E-state index contributed by atoms with van der Waals surface area (Å²) in [5.41, 5.74) is 0.876. The molecule has 1 unspecified atom stereocenters. The Labute approximate surface area is 111 Å². The van der Waals surface area contributed by atoms with Crippen LogP contribution in [-0.4, -0.2) is 35.8 Å². The van der Waals surface area contributed by atoms with Gasteiger partial charge in [0.05, 0.1) is 5.56 Å². The summed E-state index contributed by atoms with van der Waals surface area (Å²) in [6.07, 6.45) is 0.707. The van der Waals surface area contributed by atoms with Crippen molar-refractivity contribution in [2.45, 2.75) is 26.3 Å². The van der Waals surface area contributed by atoms with Gasteiger partial charge in [-0.25, -0.2) is 4.39 Å². The molecule has 102 valence electrons. The Morgan fingerprint density at radius 3 is 2.79 bits per heavy atom. The number of hydrogen-bond donors (Lipinski definition) is 1. The van der Waals surface area contributed by atoms with Gasteiger partial charge in [-0.1, -0.05) is 6.07 Å². The van der Waals surface area contributed by atoms with E-state index >= 15 is 0 Å². The maximum Gasteiger partial charge on any atom is 0.256 e. The van der Waals surface area contributed by atoms with Crippen molar-refractivity contribution >= 4 is 11.8 Å². The number of nitrogens with one attached hydrogen (secondary N) is 1. The normalized spacial score (nSPS) is 18.5. The van der Waals surface area contributed by atoms with Crippen LogP contribution < -0.4 is 5.32 Å². The van der Waals surface area contributed by atoms with Crippen molar-refractivity contribution in [3.05, 3.63) is 35.1 Å². The van der Waals surface area contributed by atoms with Crippen molar-refractivity contribution in [1.29, 1.82) is 0 Å². The molecule has 1 aliphatic heterocycles. The minimum atomic E-state index is -0.493. The molecule has 1 N–H and O–H groups in total. The lowest BCUT2D eigenvalue weighted by molar-refractivity contribution is -0.119. The van der Waals surface area contributed by atoms with E-state index in [1.54, 1.807) is 17.9 Å². The third-order valence-corrected chi connectivity index (χ3v) is 3.24. The number of rotatable bonds is 2. The SMILES string of the molecule is CC(=O)NC1CCN(C(=O)c2ccc(C)cc2F)C1. The van der Waals surface area contributed by atoms with E-state index in [2.05, 4.69) is 5.32 Å². The summed E-state index contributed by atoms with van der Waals surface area (Å²) in [6, 6.07) is 4.56. The number of amides is 2. The molecular formula is C14H17FN2O2. The van der Waals surface area contributed by atoms with Crippen LogP contribution in [0.2, 0.25) is 0 Å². The first-order chi connectivity index (χ1) is 8.97. The number of benzene rings is 1. The van der Waals surface area contributed by atoms with Crippen LogP contribution in [-0.2, 0) is 4.79 Å². The number of carbonyl (C=O) groups excluding carboxylic acids is 2. The number of halogens is 1. The fourth-order valence-electron chi connectivity index (χ4n) is 2.31. The van der Waals surface area contributed by atoms with Crippen molar-refractivity contribution in [3.63, 3.8) is 0 Å². The van der Waals surface area contributed by atoms with Gasteiger partial charge in [0.1, 0.15) is 5.82 Å². The van der Waals surface area contributed by atoms with E-state index in [4.69, 9.17) is 0 Å². The van der Waals surface area contributed by atoms with Gasteiger partial charge in [0.2, 0.25) is 5.91 Å². The molecule has 1 aromatic carbocycles. The summed E-state index contributed by atoms with van der Waals surface area (Å²) in [6.45, 7) is 4.20. The molecule has 2 amide bonds. The van der Waals surface area contributed by atoms with E-state index in [1.165, 1.54) is 19.1 Å². The largest absolute Gasteiger partial charge is 0.352 e. The second-order valence-electron chi connectivity index (χ2n) is 4.92. The van der Waals surface area contributed by atoms with Crippen LogP contribution in [0.15, 0.2) is 18.2 Å². The Morgan fingerprint density at radius 2 is 2.16 bits per heavy atom. The van der Waals surface area contributed by atoms with Crippen LogP contribution in [0.4, 0.5) is 4.39 Å². The summed E-state index contributed by atoms with van der Waals surface area (Å²) in [7, 11) is 0. The van der Waals surface area contributed by atoms with Crippen LogP contribution in [0.5, 0.6) is 0 Å². The molecule has 1 saturated heterocycles. The van der Waals surface area contributed by atoms with Crippen LogP contribution >= 0.6 is 0 Å². The maximum atomic E-state index is 13.7. The Morgan fingerprint density at radius 1 is 1.42 bits per heavy atom. The third kappa shape index (κ3) is 3.10. The molecule has 0 bridgehead atoms. The highest BCUT2D eigenvalue weighted by atomic mass is 19.1. The van der Waals surface area contributed by atoms with Crippen LogP contribution in [0.3, 0.4) is 0 Å². The monoisotopic (exact) mass is 264 g/mol. The van der Waals surface area contributed by atoms with Gasteiger partial charge < -0.3 is 10.2 Å². The molecule has 2 rings (SSSR count). The van der Waals surface area contributed by atoms with Crippen molar-refractivity contribution in [2.75, 3.05) is 13.1 Å². The highest BCUT2D eigenvalue weighted by Gasteiger charge is 2.28. The first kappa shape index (κ1) is 13.5. The molecule has 1 atom stereocenters. The molecule has 0 aliphatic carbocycles. The minimum Gasteiger partial charge on any atom is -0.352 e. The Kier molecular flexibility index (Phi) is 3.83. The van der Waals surface area contributed by atoms with Gasteiger partial charge in [-0.05, 0) is 31.0 Å². The predicted molar refractivity (Wildman–Crippen MR) is 69.3 cm³/mol. The third-order valence-electron chi connectivity index (χ3n) is 3.24. The molecule has 1 aromatic rings. The molecule has 4 nitrogen and oxygen atoms in total. The van der Waals surface area contributed by atoms with Crippen molar-refractivity contribution in [3.8, 4) is 0 Å². The molecule has 5 heteroatoms. The van der Waals surface area contributed by atoms with Gasteiger partial charge in [0.25, 0.3) is 5.91 Å². The summed E-state index contributed by atoms with van der Waals surface area (Å²) >= 11 is 0. The Balaban J connectivity index is 2.07. The van der Waals surface area contributed by atoms with E-state index in [9.17, 15) is 14.0 Å². The lowest BCUT2D eigenvalue weighted by Gasteiger charge is -2.17. The van der Waals surface area contributed by atoms with Gasteiger partial charge in [-0.3, -0.25) is 9.59 Å². The molecule has 0 spiro atoms. The average Bonchev–Trinajstić information content (AvgIpc) is 2.75. The van der Waals surface area contributed by atoms with Gasteiger partial charge in [-0.15, -0.1) is 0 Å². The number of hydrogen-bond acceptors (Lipinski definition) is 2. The molecular weight excluding hydrogens is 247 g/mol. The quantitative estimate of drug-likeness (QED) is 0.879. The summed E-state index contributed by atoms with van der Waals surface area (Å²) in [5.74, 6) is -0.917. The Bertz CT molecular complexity index is 516. The van der Waals surface area contributed by atoms with Crippen molar-refractivity contribution in [2.24, 2.45) is 0 Å². The summed E-state index contributed by atoms with van der Waals surface area (Å²) < 4.78 is 13.7. The van der Waals surface area contributed by atoms with Crippen LogP contribution in [0.1, 0.15) is 29.3 Å². The molecule has 0 radical (unpaired) electrons. The lowest BCUT2D eigenvalue weighted by Crippen LogP contribution is -2.37. The van der Waals surface area contributed by atoms with E-state index < -0.39 is 5.82 Å². The zero-order valence-corrected chi connectivity index (χ0v) is 11.1. The first-order valence-corrected chi connectivity index (χ1v) is 6.30. The summed E-state index contributed by atoms with van der Waals surface area (Å²) in [5, 5.41) is 2.78. The van der Waals surface area contributed by atoms with Gasteiger partial charge in [0.15, 0.2) is 0 Å². The summed E-state index contributed by atoms with van der Waals surface area (Å²) in [4.78, 5) is 24.7. The average molecular weight is 264 g/mol. The lowest BCUT2D eigenvalue weighted by atomic mass is 10.1. The van der Waals surface area contributed by atoms with Crippen molar-refractivity contribution in [1.82, 2.24) is 10.2 Å². The van der Waals surface area contributed by atoms with Crippen LogP contribution in [0.25, 0.3) is 0 Å². The highest BCUT2D eigenvalue weighted by Crippen LogP contribution is 2.17. The van der Waals surface area contributed by atoms with Gasteiger partial charge in [-0.2, -0.15) is 0 Å². The van der Waals surface area contributed by atoms with E-state index in [0.717, 1.165) is 5.56 Å². The molecule has 0 saturated carbocycles. The molecule has 19 heavy (non-hydrogen) atoms. The second kappa shape index (κ2) is 5.38. The molecule has 1 fully saturated rings. The van der Waals surface area contributed by atoms with Gasteiger partial charge >= 0.3 is 0 Å². The first-order valence-electron chi connectivity index (χ1n) is 6.30. The fourth-order valence-corrected chi connectivity index (χ4v) is 2.31. The highest BCUT2D eigenvalue weighted by molar-refractivity contribution is 5.94. The van der Waals surface area contributed by atoms with Crippen molar-refractivity contribution < 1.29 is 14.0 Å². The zero-order valence-electron chi connectivity index (χ0n) is 11.1. The van der Waals surface area contributed by atoms with Gasteiger partial charge in [0, 0.05) is 26.1 Å². The van der Waals surface area contributed by atoms with E-state index in [1.807, 2.05) is 0 Å². The predicted octanol–water partition coefficient (Wildman–Crippen LogP) is 1.48. The molecule has 1 heterocycles. The number of nitrogens with zero attached hydrogens (tertiary/aromatic N) is 1. The number of aryl methyl sites for hydroxylation is 1. The minimum absolute atomic E-state index is 0.0324. The zero-order chi connectivity index (χ0) is 14.0. The Hall–Kier alpha value is -1.91. The fraction of sp³-hybridized carbons (Fsp3) is 0.429. The second-order valence-corrected chi connectivity index (χ2v) is 4.92. The molecule has 0 aromatic heterocycles. The van der Waals surface area contributed by atoms with E-state index in [-0.39, 0.29) is 23.4 Å². The smallest absolute Gasteiger partial charge is 0.256 e. The van der Waals surface area contributed by atoms with E-state index in [0.29, 0.717) is 19.5 Å². The standard InChI is InChI=1S/C14H17FN2O2/c1-9-3-4-12(13(15)7-9)14(19)17-6-5-11(8-17)16-10(2)18/h3-4,7,11H,5-6,8H2,1-2H3,(H,16,18). The number of carbonyl (C=O) groups is 2. The topological polar surface area (TPSA) is 49.4 Å².